The molecule has 0 fully saturated rings. The van der Waals surface area contributed by atoms with Gasteiger partial charge in [-0.3, -0.25) is 0 Å². The highest BCUT2D eigenvalue weighted by Crippen LogP contribution is 2.38. The van der Waals surface area contributed by atoms with Gasteiger partial charge in [0.25, 0.3) is 13.4 Å². The summed E-state index contributed by atoms with van der Waals surface area (Å²) in [6.07, 6.45) is 0. The number of anilines is 3. The first-order valence-corrected chi connectivity index (χ1v) is 16.3. The van der Waals surface area contributed by atoms with Gasteiger partial charge in [-0.15, -0.1) is 0 Å². The van der Waals surface area contributed by atoms with Crippen LogP contribution in [-0.4, -0.2) is 13.4 Å². The van der Waals surface area contributed by atoms with Gasteiger partial charge < -0.3 is 13.7 Å². The topological polar surface area (TPSA) is 29.5 Å². The van der Waals surface area contributed by atoms with E-state index in [1.165, 1.54) is 49.8 Å². The number of nitrogens with zero attached hydrogens (tertiary/aromatic N) is 1. The quantitative estimate of drug-likeness (QED) is 0.210. The Morgan fingerprint density at radius 3 is 1.26 bits per heavy atom. The summed E-state index contributed by atoms with van der Waals surface area (Å²) in [5, 5.41) is 4.61. The van der Waals surface area contributed by atoms with Crippen LogP contribution in [0.2, 0.25) is 0 Å². The molecule has 4 heterocycles. The molecule has 0 aliphatic carbocycles. The molecule has 216 valence electrons. The number of furan rings is 2. The average molecular weight is 597 g/mol. The third kappa shape index (κ3) is 3.33. The lowest BCUT2D eigenvalue weighted by Gasteiger charge is -2.43. The fraction of sp³-hybridized carbons (Fsp3) is 0. The van der Waals surface area contributed by atoms with Gasteiger partial charge in [-0.05, 0) is 57.0 Å². The number of rotatable bonds is 2. The molecule has 2 aliphatic rings. The zero-order valence-corrected chi connectivity index (χ0v) is 25.4. The number of hydrogen-bond donors (Lipinski definition) is 0. The summed E-state index contributed by atoms with van der Waals surface area (Å²) in [4.78, 5) is 2.50. The van der Waals surface area contributed by atoms with Crippen molar-refractivity contribution in [1.82, 2.24) is 0 Å². The van der Waals surface area contributed by atoms with E-state index in [4.69, 9.17) is 8.83 Å². The Morgan fingerprint density at radius 2 is 0.723 bits per heavy atom. The molecule has 3 nitrogen and oxygen atoms in total. The van der Waals surface area contributed by atoms with Crippen LogP contribution in [0.1, 0.15) is 0 Å². The molecular formula is C42H25B2NO2. The maximum atomic E-state index is 6.66. The monoisotopic (exact) mass is 597 g/mol. The second-order valence-corrected chi connectivity index (χ2v) is 12.7. The molecule has 5 heteroatoms. The van der Waals surface area contributed by atoms with Gasteiger partial charge in [0.15, 0.2) is 0 Å². The second-order valence-electron chi connectivity index (χ2n) is 12.7. The van der Waals surface area contributed by atoms with E-state index in [-0.39, 0.29) is 13.4 Å². The SMILES string of the molecule is c1ccc2c(c1)B(c1cccc3c1oc1ccccc13)c1cccc3c1N2c1ccccc1B3c1cccc2c1oc1ccccc12. The molecule has 2 aromatic heterocycles. The van der Waals surface area contributed by atoms with Crippen molar-refractivity contribution in [1.29, 1.82) is 0 Å². The predicted molar refractivity (Wildman–Crippen MR) is 198 cm³/mol. The van der Waals surface area contributed by atoms with E-state index in [0.29, 0.717) is 0 Å². The fourth-order valence-electron chi connectivity index (χ4n) is 8.54. The summed E-state index contributed by atoms with van der Waals surface area (Å²) in [6, 6.07) is 54.7. The summed E-state index contributed by atoms with van der Waals surface area (Å²) in [5.74, 6) is 0. The molecule has 0 atom stereocenters. The normalized spacial score (nSPS) is 13.4. The Balaban J connectivity index is 1.23. The standard InChI is InChI=1S/C42H25B2NO2/c1-7-24-38-26(12-1)28-14-9-20-34(41(28)46-38)43-30-16-3-5-22-36(30)45-37-23-6-4-17-31(37)44(33-19-11-18-32(43)40(33)45)35-21-10-15-29-27-13-2-8-25-39(27)47-42(29)35/h1-25H. The van der Waals surface area contributed by atoms with Crippen molar-refractivity contribution in [2.24, 2.45) is 0 Å². The van der Waals surface area contributed by atoms with Crippen molar-refractivity contribution in [3.05, 3.63) is 152 Å². The Morgan fingerprint density at radius 1 is 0.340 bits per heavy atom. The minimum atomic E-state index is -0.00503. The number of fused-ring (bicyclic) bond motifs is 10. The van der Waals surface area contributed by atoms with Gasteiger partial charge in [0.2, 0.25) is 0 Å². The van der Waals surface area contributed by atoms with E-state index < -0.39 is 0 Å². The lowest BCUT2D eigenvalue weighted by Crippen LogP contribution is -2.65. The molecule has 9 aromatic rings. The Hall–Kier alpha value is -5.93. The summed E-state index contributed by atoms with van der Waals surface area (Å²) < 4.78 is 13.3. The van der Waals surface area contributed by atoms with Gasteiger partial charge in [-0.2, -0.15) is 0 Å². The van der Waals surface area contributed by atoms with E-state index >= 15 is 0 Å². The Labute approximate surface area is 271 Å². The van der Waals surface area contributed by atoms with Crippen LogP contribution in [0.5, 0.6) is 0 Å². The molecule has 0 spiro atoms. The number of benzene rings is 7. The minimum Gasteiger partial charge on any atom is -0.457 e. The maximum absolute atomic E-state index is 6.66. The lowest BCUT2D eigenvalue weighted by atomic mass is 9.30. The minimum absolute atomic E-state index is 0.00503. The highest BCUT2D eigenvalue weighted by atomic mass is 16.3. The average Bonchev–Trinajstić information content (AvgIpc) is 3.71. The van der Waals surface area contributed by atoms with Gasteiger partial charge in [-0.1, -0.05) is 127 Å². The van der Waals surface area contributed by atoms with E-state index in [1.54, 1.807) is 0 Å². The molecule has 0 unspecified atom stereocenters. The van der Waals surface area contributed by atoms with Crippen LogP contribution in [0.15, 0.2) is 160 Å². The van der Waals surface area contributed by atoms with Gasteiger partial charge in [0, 0.05) is 38.6 Å². The lowest BCUT2D eigenvalue weighted by molar-refractivity contribution is 0.671. The molecular weight excluding hydrogens is 572 g/mol. The fourth-order valence-corrected chi connectivity index (χ4v) is 8.54. The van der Waals surface area contributed by atoms with E-state index in [9.17, 15) is 0 Å². The first-order chi connectivity index (χ1) is 23.3. The van der Waals surface area contributed by atoms with E-state index in [2.05, 4.69) is 144 Å². The summed E-state index contributed by atoms with van der Waals surface area (Å²) in [6.45, 7) is -0.0101. The molecule has 0 N–H and O–H groups in total. The summed E-state index contributed by atoms with van der Waals surface area (Å²) in [7, 11) is 0. The van der Waals surface area contributed by atoms with Crippen LogP contribution < -0.4 is 37.7 Å². The first-order valence-electron chi connectivity index (χ1n) is 16.3. The van der Waals surface area contributed by atoms with E-state index in [1.807, 2.05) is 12.1 Å². The Kier molecular flexibility index (Phi) is 5.01. The van der Waals surface area contributed by atoms with Crippen molar-refractivity contribution < 1.29 is 8.83 Å². The largest absolute Gasteiger partial charge is 0.457 e. The van der Waals surface area contributed by atoms with Gasteiger partial charge in [-0.25, -0.2) is 0 Å². The summed E-state index contributed by atoms with van der Waals surface area (Å²) >= 11 is 0. The molecule has 7 aromatic carbocycles. The number of hydrogen-bond acceptors (Lipinski definition) is 3. The first kappa shape index (κ1) is 25.3. The van der Waals surface area contributed by atoms with Gasteiger partial charge in [0.05, 0.1) is 0 Å². The van der Waals surface area contributed by atoms with Gasteiger partial charge in [0.1, 0.15) is 22.3 Å². The van der Waals surface area contributed by atoms with Crippen LogP contribution in [0, 0.1) is 0 Å². The molecule has 47 heavy (non-hydrogen) atoms. The zero-order chi connectivity index (χ0) is 30.6. The third-order valence-electron chi connectivity index (χ3n) is 10.4. The smallest absolute Gasteiger partial charge is 0.251 e. The second kappa shape index (κ2) is 9.31. The van der Waals surface area contributed by atoms with Crippen molar-refractivity contribution >= 4 is 107 Å². The molecule has 0 radical (unpaired) electrons. The molecule has 2 aliphatic heterocycles. The van der Waals surface area contributed by atoms with Crippen molar-refractivity contribution in [2.45, 2.75) is 0 Å². The van der Waals surface area contributed by atoms with Crippen molar-refractivity contribution in [2.75, 3.05) is 4.90 Å². The van der Waals surface area contributed by atoms with Crippen molar-refractivity contribution in [3.63, 3.8) is 0 Å². The molecule has 0 amide bonds. The molecule has 0 saturated carbocycles. The highest BCUT2D eigenvalue weighted by Gasteiger charge is 2.44. The zero-order valence-electron chi connectivity index (χ0n) is 25.4. The van der Waals surface area contributed by atoms with Crippen molar-refractivity contribution in [3.8, 4) is 0 Å². The van der Waals surface area contributed by atoms with E-state index in [0.717, 1.165) is 43.9 Å². The highest BCUT2D eigenvalue weighted by molar-refractivity contribution is 7.03. The van der Waals surface area contributed by atoms with Crippen LogP contribution in [0.4, 0.5) is 17.1 Å². The summed E-state index contributed by atoms with van der Waals surface area (Å²) in [5.41, 5.74) is 14.9. The van der Waals surface area contributed by atoms with Crippen LogP contribution in [0.3, 0.4) is 0 Å². The Bertz CT molecular complexity index is 2560. The molecule has 0 saturated heterocycles. The maximum Gasteiger partial charge on any atom is 0.251 e. The number of para-hydroxylation sites is 7. The van der Waals surface area contributed by atoms with Crippen LogP contribution in [0.25, 0.3) is 43.9 Å². The van der Waals surface area contributed by atoms with Crippen LogP contribution >= 0.6 is 0 Å². The van der Waals surface area contributed by atoms with Gasteiger partial charge >= 0.3 is 0 Å². The van der Waals surface area contributed by atoms with Crippen LogP contribution in [-0.2, 0) is 0 Å². The molecule has 11 rings (SSSR count). The molecule has 0 bridgehead atoms. The third-order valence-corrected chi connectivity index (χ3v) is 10.4. The predicted octanol–water partition coefficient (Wildman–Crippen LogP) is 6.61.